The summed E-state index contributed by atoms with van der Waals surface area (Å²) < 4.78 is 4.47. The first-order valence-corrected chi connectivity index (χ1v) is 16.3. The monoisotopic (exact) mass is 635 g/mol. The molecule has 9 rings (SSSR count). The second-order valence-electron chi connectivity index (χ2n) is 12.3. The molecule has 0 aliphatic rings. The molecule has 0 unspecified atom stereocenters. The first-order chi connectivity index (χ1) is 24.7. The molecule has 0 bridgehead atoms. The lowest BCUT2D eigenvalue weighted by Crippen LogP contribution is -1.99. The fourth-order valence-corrected chi connectivity index (χ4v) is 7.40. The van der Waals surface area contributed by atoms with Gasteiger partial charge in [-0.15, -0.1) is 0 Å². The Morgan fingerprint density at radius 1 is 0.380 bits per heavy atom. The van der Waals surface area contributed by atoms with Crippen LogP contribution in [0.25, 0.3) is 77.2 Å². The van der Waals surface area contributed by atoms with Gasteiger partial charge < -0.3 is 9.13 Å². The highest BCUT2D eigenvalue weighted by molar-refractivity contribution is 6.11. The summed E-state index contributed by atoms with van der Waals surface area (Å²) in [4.78, 5) is 0. The minimum Gasteiger partial charge on any atom is -0.309 e. The average Bonchev–Trinajstić information content (AvgIpc) is 3.70. The van der Waals surface area contributed by atoms with Crippen LogP contribution in [-0.2, 0) is 0 Å². The van der Waals surface area contributed by atoms with Crippen LogP contribution in [-0.4, -0.2) is 9.13 Å². The van der Waals surface area contributed by atoms with E-state index in [1.807, 2.05) is 84.9 Å². The lowest BCUT2D eigenvalue weighted by molar-refractivity contribution is 1.18. The third kappa shape index (κ3) is 4.38. The zero-order valence-corrected chi connectivity index (χ0v) is 26.7. The van der Waals surface area contributed by atoms with E-state index in [2.05, 4.69) is 94.1 Å². The second-order valence-corrected chi connectivity index (χ2v) is 12.3. The van der Waals surface area contributed by atoms with Crippen LogP contribution in [0.5, 0.6) is 0 Å². The maximum Gasteiger partial charge on any atom is 0.0998 e. The number of nitriles is 3. The van der Waals surface area contributed by atoms with Crippen LogP contribution in [0, 0.1) is 34.0 Å². The molecule has 50 heavy (non-hydrogen) atoms. The SMILES string of the molecule is N#Cc1ccc(-n2c3ccccc3c3ccccc32)c(-c2ccc(C#N)c(-c3cccc(-n4c5ccccc5c5cc(C#N)ccc54)c3)c2)c1. The molecule has 7 aromatic carbocycles. The number of aromatic nitrogens is 2. The second kappa shape index (κ2) is 11.4. The number of fused-ring (bicyclic) bond motifs is 6. The molecular weight excluding hydrogens is 611 g/mol. The van der Waals surface area contributed by atoms with Crippen molar-refractivity contribution in [2.75, 3.05) is 0 Å². The molecule has 2 heterocycles. The van der Waals surface area contributed by atoms with Crippen molar-refractivity contribution in [3.05, 3.63) is 168 Å². The summed E-state index contributed by atoms with van der Waals surface area (Å²) in [5.41, 5.74) is 11.3. The van der Waals surface area contributed by atoms with Crippen LogP contribution >= 0.6 is 0 Å². The molecule has 2 aromatic heterocycles. The summed E-state index contributed by atoms with van der Waals surface area (Å²) >= 11 is 0. The van der Waals surface area contributed by atoms with Gasteiger partial charge in [0.05, 0.1) is 62.7 Å². The van der Waals surface area contributed by atoms with Crippen molar-refractivity contribution in [1.82, 2.24) is 9.13 Å². The van der Waals surface area contributed by atoms with Crippen LogP contribution in [0.3, 0.4) is 0 Å². The summed E-state index contributed by atoms with van der Waals surface area (Å²) in [5.74, 6) is 0. The Morgan fingerprint density at radius 3 is 1.64 bits per heavy atom. The maximum absolute atomic E-state index is 10.3. The van der Waals surface area contributed by atoms with Crippen LogP contribution in [0.4, 0.5) is 0 Å². The van der Waals surface area contributed by atoms with Crippen LogP contribution in [0.2, 0.25) is 0 Å². The number of hydrogen-bond acceptors (Lipinski definition) is 3. The molecule has 0 aliphatic heterocycles. The van der Waals surface area contributed by atoms with Crippen molar-refractivity contribution < 1.29 is 0 Å². The number of hydrogen-bond donors (Lipinski definition) is 0. The van der Waals surface area contributed by atoms with E-state index in [-0.39, 0.29) is 0 Å². The highest BCUT2D eigenvalue weighted by Crippen LogP contribution is 2.39. The molecule has 0 aliphatic carbocycles. The van der Waals surface area contributed by atoms with E-state index in [1.54, 1.807) is 0 Å². The zero-order chi connectivity index (χ0) is 33.8. The van der Waals surface area contributed by atoms with Crippen molar-refractivity contribution in [1.29, 1.82) is 15.8 Å². The topological polar surface area (TPSA) is 81.2 Å². The molecule has 0 saturated heterocycles. The van der Waals surface area contributed by atoms with Crippen molar-refractivity contribution in [2.45, 2.75) is 0 Å². The van der Waals surface area contributed by atoms with E-state index in [4.69, 9.17) is 0 Å². The number of benzene rings is 7. The Balaban J connectivity index is 1.26. The van der Waals surface area contributed by atoms with Gasteiger partial charge in [-0.05, 0) is 90.0 Å². The Morgan fingerprint density at radius 2 is 0.960 bits per heavy atom. The minimum absolute atomic E-state index is 0.557. The fourth-order valence-electron chi connectivity index (χ4n) is 7.40. The van der Waals surface area contributed by atoms with Crippen molar-refractivity contribution in [2.24, 2.45) is 0 Å². The van der Waals surface area contributed by atoms with Gasteiger partial charge in [0.15, 0.2) is 0 Å². The summed E-state index contributed by atoms with van der Waals surface area (Å²) in [7, 11) is 0. The fraction of sp³-hybridized carbons (Fsp3) is 0. The van der Waals surface area contributed by atoms with Crippen molar-refractivity contribution in [3.63, 3.8) is 0 Å². The molecule has 0 amide bonds. The van der Waals surface area contributed by atoms with Gasteiger partial charge in [0.2, 0.25) is 0 Å². The normalized spacial score (nSPS) is 11.1. The third-order valence-electron chi connectivity index (χ3n) is 9.61. The Bertz CT molecular complexity index is 2920. The standard InChI is InChI=1S/C45H25N5/c46-26-29-16-20-44(50-42-14-5-1-10-35(42)36-11-2-6-15-43(36)50)39(22-29)32-18-19-33(28-48)38(25-32)31-8-7-9-34(24-31)49-41-13-4-3-12-37(41)40-23-30(27-47)17-21-45(40)49/h1-25H. The van der Waals surface area contributed by atoms with E-state index in [1.165, 1.54) is 0 Å². The van der Waals surface area contributed by atoms with Gasteiger partial charge in [-0.25, -0.2) is 0 Å². The zero-order valence-electron chi connectivity index (χ0n) is 26.7. The van der Waals surface area contributed by atoms with E-state index < -0.39 is 0 Å². The summed E-state index contributed by atoms with van der Waals surface area (Å²) in [6.07, 6.45) is 0. The molecule has 0 spiro atoms. The molecule has 0 radical (unpaired) electrons. The molecular formula is C45H25N5. The highest BCUT2D eigenvalue weighted by Gasteiger charge is 2.18. The van der Waals surface area contributed by atoms with Crippen LogP contribution in [0.1, 0.15) is 16.7 Å². The largest absolute Gasteiger partial charge is 0.309 e. The lowest BCUT2D eigenvalue weighted by atomic mass is 9.93. The first-order valence-electron chi connectivity index (χ1n) is 16.3. The van der Waals surface area contributed by atoms with Gasteiger partial charge >= 0.3 is 0 Å². The Labute approximate surface area is 287 Å². The average molecular weight is 636 g/mol. The summed E-state index contributed by atoms with van der Waals surface area (Å²) in [6, 6.07) is 57.7. The molecule has 0 saturated carbocycles. The van der Waals surface area contributed by atoms with Gasteiger partial charge in [0.25, 0.3) is 0 Å². The third-order valence-corrected chi connectivity index (χ3v) is 9.61. The lowest BCUT2D eigenvalue weighted by Gasteiger charge is -2.16. The maximum atomic E-state index is 10.3. The predicted octanol–water partition coefficient (Wildman–Crippen LogP) is 10.8. The Hall–Kier alpha value is -7.39. The summed E-state index contributed by atoms with van der Waals surface area (Å²) in [6.45, 7) is 0. The van der Waals surface area contributed by atoms with E-state index in [0.717, 1.165) is 77.2 Å². The van der Waals surface area contributed by atoms with E-state index in [0.29, 0.717) is 16.7 Å². The molecule has 0 N–H and O–H groups in total. The van der Waals surface area contributed by atoms with Gasteiger partial charge in [-0.1, -0.05) is 72.8 Å². The van der Waals surface area contributed by atoms with Gasteiger partial charge in [-0.2, -0.15) is 15.8 Å². The van der Waals surface area contributed by atoms with Crippen molar-refractivity contribution in [3.8, 4) is 51.8 Å². The van der Waals surface area contributed by atoms with Crippen LogP contribution in [0.15, 0.2) is 152 Å². The molecule has 230 valence electrons. The van der Waals surface area contributed by atoms with E-state index in [9.17, 15) is 15.8 Å². The number of rotatable bonds is 4. The minimum atomic E-state index is 0.557. The Kier molecular flexibility index (Phi) is 6.56. The number of para-hydroxylation sites is 3. The summed E-state index contributed by atoms with van der Waals surface area (Å²) in [5, 5.41) is 34.3. The van der Waals surface area contributed by atoms with E-state index >= 15 is 0 Å². The molecule has 5 heteroatoms. The quantitative estimate of drug-likeness (QED) is 0.193. The highest BCUT2D eigenvalue weighted by atomic mass is 15.0. The molecule has 5 nitrogen and oxygen atoms in total. The van der Waals surface area contributed by atoms with Gasteiger partial charge in [0.1, 0.15) is 0 Å². The number of nitrogens with zero attached hydrogens (tertiary/aromatic N) is 5. The smallest absolute Gasteiger partial charge is 0.0998 e. The van der Waals surface area contributed by atoms with Crippen molar-refractivity contribution >= 4 is 43.6 Å². The predicted molar refractivity (Wildman–Crippen MR) is 200 cm³/mol. The molecule has 0 fully saturated rings. The van der Waals surface area contributed by atoms with Gasteiger partial charge in [-0.3, -0.25) is 0 Å². The first kappa shape index (κ1) is 28.8. The van der Waals surface area contributed by atoms with Crippen LogP contribution < -0.4 is 0 Å². The van der Waals surface area contributed by atoms with Gasteiger partial charge in [0, 0.05) is 38.4 Å². The molecule has 9 aromatic rings. The molecule has 0 atom stereocenters.